The van der Waals surface area contributed by atoms with Crippen LogP contribution in [0.25, 0.3) is 0 Å². The molecule has 1 aromatic rings. The van der Waals surface area contributed by atoms with Crippen molar-refractivity contribution in [1.29, 1.82) is 0 Å². The van der Waals surface area contributed by atoms with Crippen LogP contribution in [0.2, 0.25) is 0 Å². The van der Waals surface area contributed by atoms with Crippen LogP contribution in [0.4, 0.5) is 5.69 Å². The Bertz CT molecular complexity index is 425. The van der Waals surface area contributed by atoms with E-state index in [2.05, 4.69) is 38.2 Å². The summed E-state index contributed by atoms with van der Waals surface area (Å²) in [5.74, 6) is -1.55. The van der Waals surface area contributed by atoms with Crippen LogP contribution in [0, 0.1) is 3.57 Å². The van der Waals surface area contributed by atoms with Gasteiger partial charge in [0, 0.05) is 9.26 Å². The van der Waals surface area contributed by atoms with Crippen molar-refractivity contribution in [3.8, 4) is 0 Å². The molecule has 7 heteroatoms. The first-order chi connectivity index (χ1) is 8.04. The molecular formula is C10H12IN3O3. The molecule has 92 valence electrons. The van der Waals surface area contributed by atoms with Crippen molar-refractivity contribution in [3.63, 3.8) is 0 Å². The van der Waals surface area contributed by atoms with Gasteiger partial charge < -0.3 is 15.9 Å². The normalized spacial score (nSPS) is 11.6. The highest BCUT2D eigenvalue weighted by atomic mass is 127. The number of hydrogen-bond donors (Lipinski definition) is 3. The van der Waals surface area contributed by atoms with Gasteiger partial charge in [0.15, 0.2) is 0 Å². The highest BCUT2D eigenvalue weighted by molar-refractivity contribution is 14.1. The third kappa shape index (κ3) is 4.19. The second-order valence-electron chi connectivity index (χ2n) is 3.14. The van der Waals surface area contributed by atoms with Crippen molar-refractivity contribution in [1.82, 2.24) is 5.43 Å². The van der Waals surface area contributed by atoms with Crippen molar-refractivity contribution in [3.05, 3.63) is 27.8 Å². The molecule has 1 amide bonds. The third-order valence-corrected chi connectivity index (χ3v) is 2.58. The van der Waals surface area contributed by atoms with Crippen LogP contribution in [0.3, 0.4) is 0 Å². The van der Waals surface area contributed by atoms with E-state index in [9.17, 15) is 9.59 Å². The van der Waals surface area contributed by atoms with Crippen LogP contribution in [0.15, 0.2) is 24.3 Å². The van der Waals surface area contributed by atoms with Gasteiger partial charge in [0.1, 0.15) is 0 Å². The fourth-order valence-corrected chi connectivity index (χ4v) is 1.63. The molecule has 0 aliphatic rings. The average Bonchev–Trinajstić information content (AvgIpc) is 2.28. The van der Waals surface area contributed by atoms with Crippen LogP contribution >= 0.6 is 22.6 Å². The number of hydrazine groups is 1. The summed E-state index contributed by atoms with van der Waals surface area (Å²) in [6.07, 6.45) is 0. The summed E-state index contributed by atoms with van der Waals surface area (Å²) in [7, 11) is 1.19. The van der Waals surface area contributed by atoms with Gasteiger partial charge in [-0.1, -0.05) is 6.07 Å². The first-order valence-corrected chi connectivity index (χ1v) is 5.76. The Kier molecular flexibility index (Phi) is 5.16. The first-order valence-electron chi connectivity index (χ1n) is 4.69. The van der Waals surface area contributed by atoms with E-state index in [0.29, 0.717) is 5.69 Å². The molecule has 17 heavy (non-hydrogen) atoms. The van der Waals surface area contributed by atoms with Gasteiger partial charge >= 0.3 is 5.97 Å². The van der Waals surface area contributed by atoms with E-state index in [1.54, 1.807) is 6.07 Å². The summed E-state index contributed by atoms with van der Waals surface area (Å²) in [6, 6.07) is 6.15. The van der Waals surface area contributed by atoms with Crippen molar-refractivity contribution < 1.29 is 14.3 Å². The Labute approximate surface area is 112 Å². The predicted octanol–water partition coefficient (Wildman–Crippen LogP) is 0.235. The second-order valence-corrected chi connectivity index (χ2v) is 4.38. The minimum absolute atomic E-state index is 0.715. The highest BCUT2D eigenvalue weighted by Gasteiger charge is 2.24. The van der Waals surface area contributed by atoms with E-state index >= 15 is 0 Å². The molecule has 0 aliphatic carbocycles. The minimum Gasteiger partial charge on any atom is -0.467 e. The van der Waals surface area contributed by atoms with E-state index in [1.807, 2.05) is 18.2 Å². The average molecular weight is 349 g/mol. The van der Waals surface area contributed by atoms with E-state index in [4.69, 9.17) is 5.73 Å². The maximum atomic E-state index is 11.2. The summed E-state index contributed by atoms with van der Waals surface area (Å²) in [6.45, 7) is 0. The lowest BCUT2D eigenvalue weighted by Gasteiger charge is -2.14. The van der Waals surface area contributed by atoms with Crippen molar-refractivity contribution in [2.75, 3.05) is 12.5 Å². The number of rotatable bonds is 5. The van der Waals surface area contributed by atoms with Gasteiger partial charge in [-0.15, -0.1) is 0 Å². The zero-order valence-electron chi connectivity index (χ0n) is 9.07. The van der Waals surface area contributed by atoms with Crippen LogP contribution in [0.5, 0.6) is 0 Å². The zero-order chi connectivity index (χ0) is 12.8. The Morgan fingerprint density at radius 3 is 2.71 bits per heavy atom. The molecule has 0 saturated heterocycles. The number of nitrogens with one attached hydrogen (secondary N) is 2. The lowest BCUT2D eigenvalue weighted by atomic mass is 10.3. The van der Waals surface area contributed by atoms with Crippen LogP contribution < -0.4 is 16.6 Å². The molecule has 0 fully saturated rings. The lowest BCUT2D eigenvalue weighted by molar-refractivity contribution is -0.146. The fourth-order valence-electron chi connectivity index (χ4n) is 1.09. The molecule has 1 aromatic carbocycles. The zero-order valence-corrected chi connectivity index (χ0v) is 11.2. The van der Waals surface area contributed by atoms with Crippen LogP contribution in [-0.2, 0) is 14.3 Å². The molecule has 1 unspecified atom stereocenters. The Hall–Kier alpha value is -1.35. The quantitative estimate of drug-likeness (QED) is 0.306. The molecule has 0 saturated carbocycles. The Morgan fingerprint density at radius 2 is 2.18 bits per heavy atom. The maximum Gasteiger partial charge on any atom is 0.334 e. The number of amides is 1. The molecule has 1 atom stereocenters. The molecule has 6 nitrogen and oxygen atoms in total. The minimum atomic E-state index is -1.22. The maximum absolute atomic E-state index is 11.2. The summed E-state index contributed by atoms with van der Waals surface area (Å²) < 4.78 is 5.46. The van der Waals surface area contributed by atoms with E-state index in [1.165, 1.54) is 7.11 Å². The van der Waals surface area contributed by atoms with Gasteiger partial charge in [-0.05, 0) is 40.8 Å². The van der Waals surface area contributed by atoms with E-state index in [0.717, 1.165) is 3.57 Å². The van der Waals surface area contributed by atoms with Crippen molar-refractivity contribution in [2.24, 2.45) is 5.73 Å². The number of nitrogens with two attached hydrogens (primary N) is 1. The highest BCUT2D eigenvalue weighted by Crippen LogP contribution is 2.11. The standard InChI is InChI=1S/C10H12IN3O3/c1-17-10(16)8(9(12)15)14-13-7-4-2-3-6(11)5-7/h2-5,8,13-14H,1H3,(H2,12,15). The molecule has 0 heterocycles. The summed E-state index contributed by atoms with van der Waals surface area (Å²) in [5, 5.41) is 0. The Balaban J connectivity index is 2.64. The van der Waals surface area contributed by atoms with Gasteiger partial charge in [0.05, 0.1) is 7.11 Å². The van der Waals surface area contributed by atoms with E-state index in [-0.39, 0.29) is 0 Å². The lowest BCUT2D eigenvalue weighted by Crippen LogP contribution is -2.50. The third-order valence-electron chi connectivity index (χ3n) is 1.91. The topological polar surface area (TPSA) is 93.4 Å². The SMILES string of the molecule is COC(=O)C(NNc1cccc(I)c1)C(N)=O. The molecule has 0 bridgehead atoms. The largest absolute Gasteiger partial charge is 0.467 e. The number of methoxy groups -OCH3 is 1. The number of anilines is 1. The number of ether oxygens (including phenoxy) is 1. The van der Waals surface area contributed by atoms with Gasteiger partial charge in [-0.3, -0.25) is 4.79 Å². The van der Waals surface area contributed by atoms with Gasteiger partial charge in [-0.2, -0.15) is 0 Å². The molecule has 0 spiro atoms. The number of carbonyl (C=O) groups is 2. The monoisotopic (exact) mass is 349 g/mol. The summed E-state index contributed by atoms with van der Waals surface area (Å²) >= 11 is 2.15. The fraction of sp³-hybridized carbons (Fsp3) is 0.200. The van der Waals surface area contributed by atoms with Crippen molar-refractivity contribution in [2.45, 2.75) is 6.04 Å². The van der Waals surface area contributed by atoms with Gasteiger partial charge in [0.25, 0.3) is 0 Å². The Morgan fingerprint density at radius 1 is 1.47 bits per heavy atom. The molecule has 1 rings (SSSR count). The van der Waals surface area contributed by atoms with Crippen LogP contribution in [-0.4, -0.2) is 25.0 Å². The summed E-state index contributed by atoms with van der Waals surface area (Å²) in [5.41, 5.74) is 11.0. The molecular weight excluding hydrogens is 337 g/mol. The molecule has 4 N–H and O–H groups in total. The number of benzene rings is 1. The van der Waals surface area contributed by atoms with E-state index < -0.39 is 17.9 Å². The van der Waals surface area contributed by atoms with Gasteiger partial charge in [0.2, 0.25) is 11.9 Å². The number of halogens is 1. The number of carbonyl (C=O) groups excluding carboxylic acids is 2. The molecule has 0 aromatic heterocycles. The first kappa shape index (κ1) is 13.7. The van der Waals surface area contributed by atoms with Crippen molar-refractivity contribution >= 4 is 40.2 Å². The molecule has 0 aliphatic heterocycles. The summed E-state index contributed by atoms with van der Waals surface area (Å²) in [4.78, 5) is 22.2. The smallest absolute Gasteiger partial charge is 0.334 e. The van der Waals surface area contributed by atoms with Crippen LogP contribution in [0.1, 0.15) is 0 Å². The number of hydrogen-bond acceptors (Lipinski definition) is 5. The molecule has 0 radical (unpaired) electrons. The second kappa shape index (κ2) is 6.40. The number of esters is 1. The van der Waals surface area contributed by atoms with Gasteiger partial charge in [-0.25, -0.2) is 10.2 Å². The number of primary amides is 1. The predicted molar refractivity (Wildman–Crippen MR) is 70.9 cm³/mol.